The van der Waals surface area contributed by atoms with E-state index >= 15 is 0 Å². The van der Waals surface area contributed by atoms with Gasteiger partial charge in [-0.05, 0) is 55.2 Å². The molecule has 0 spiro atoms. The lowest BCUT2D eigenvalue weighted by atomic mass is 9.99. The van der Waals surface area contributed by atoms with Gasteiger partial charge in [-0.2, -0.15) is 0 Å². The summed E-state index contributed by atoms with van der Waals surface area (Å²) < 4.78 is 18.8. The molecule has 1 saturated heterocycles. The van der Waals surface area contributed by atoms with E-state index in [1.165, 1.54) is 11.0 Å². The Bertz CT molecular complexity index is 731. The molecule has 0 bridgehead atoms. The van der Waals surface area contributed by atoms with E-state index < -0.39 is 5.82 Å². The van der Waals surface area contributed by atoms with Gasteiger partial charge in [0.2, 0.25) is 0 Å². The fourth-order valence-corrected chi connectivity index (χ4v) is 4.04. The Morgan fingerprint density at radius 3 is 2.54 bits per heavy atom. The van der Waals surface area contributed by atoms with Crippen LogP contribution in [0.1, 0.15) is 12.8 Å². The van der Waals surface area contributed by atoms with Crippen LogP contribution in [0.3, 0.4) is 0 Å². The van der Waals surface area contributed by atoms with Crippen molar-refractivity contribution < 1.29 is 13.9 Å². The molecule has 0 unspecified atom stereocenters. The van der Waals surface area contributed by atoms with Gasteiger partial charge in [-0.15, -0.1) is 11.8 Å². The highest BCUT2D eigenvalue weighted by Gasteiger charge is 2.23. The molecule has 1 aliphatic heterocycles. The van der Waals surface area contributed by atoms with E-state index in [2.05, 4.69) is 17.4 Å². The van der Waals surface area contributed by atoms with Crippen molar-refractivity contribution in [1.82, 2.24) is 4.90 Å². The predicted molar refractivity (Wildman–Crippen MR) is 103 cm³/mol. The second-order valence-electron chi connectivity index (χ2n) is 6.33. The molecule has 6 heteroatoms. The van der Waals surface area contributed by atoms with Gasteiger partial charge in [0.15, 0.2) is 0 Å². The third-order valence-electron chi connectivity index (χ3n) is 4.56. The number of piperidine rings is 1. The Labute approximate surface area is 157 Å². The molecule has 0 aliphatic carbocycles. The zero-order valence-corrected chi connectivity index (χ0v) is 15.6. The quantitative estimate of drug-likeness (QED) is 0.759. The summed E-state index contributed by atoms with van der Waals surface area (Å²) in [6, 6.07) is 14.1. The van der Waals surface area contributed by atoms with Gasteiger partial charge in [-0.1, -0.05) is 12.1 Å². The van der Waals surface area contributed by atoms with Crippen LogP contribution >= 0.6 is 11.8 Å². The number of urea groups is 1. The first-order valence-electron chi connectivity index (χ1n) is 8.73. The zero-order valence-electron chi connectivity index (χ0n) is 14.8. The molecular formula is C20H23FN2O2S. The van der Waals surface area contributed by atoms with E-state index in [0.29, 0.717) is 19.0 Å². The number of hydrogen-bond acceptors (Lipinski definition) is 3. The maximum Gasteiger partial charge on any atom is 0.321 e. The molecule has 2 amide bonds. The average molecular weight is 374 g/mol. The minimum Gasteiger partial charge on any atom is -0.497 e. The molecule has 1 N–H and O–H groups in total. The number of likely N-dealkylation sites (tertiary alicyclic amines) is 1. The van der Waals surface area contributed by atoms with Gasteiger partial charge in [0.25, 0.3) is 0 Å². The second kappa shape index (κ2) is 8.94. The van der Waals surface area contributed by atoms with E-state index in [9.17, 15) is 9.18 Å². The molecule has 3 rings (SSSR count). The molecule has 1 aliphatic rings. The fourth-order valence-electron chi connectivity index (χ4n) is 2.95. The molecule has 0 atom stereocenters. The lowest BCUT2D eigenvalue weighted by molar-refractivity contribution is 0.187. The number of carbonyl (C=O) groups is 1. The second-order valence-corrected chi connectivity index (χ2v) is 7.42. The molecule has 2 aromatic rings. The van der Waals surface area contributed by atoms with Crippen molar-refractivity contribution in [2.75, 3.05) is 31.3 Å². The summed E-state index contributed by atoms with van der Waals surface area (Å²) in [5, 5.41) is 2.66. The predicted octanol–water partition coefficient (Wildman–Crippen LogP) is 4.87. The normalized spacial score (nSPS) is 14.9. The van der Waals surface area contributed by atoms with Crippen molar-refractivity contribution in [2.24, 2.45) is 5.92 Å². The van der Waals surface area contributed by atoms with Crippen LogP contribution in [0.2, 0.25) is 0 Å². The lowest BCUT2D eigenvalue weighted by Crippen LogP contribution is -2.41. The fraction of sp³-hybridized carbons (Fsp3) is 0.350. The Balaban J connectivity index is 1.43. The topological polar surface area (TPSA) is 41.6 Å². The third kappa shape index (κ3) is 4.91. The van der Waals surface area contributed by atoms with E-state index in [0.717, 1.165) is 24.3 Å². The largest absolute Gasteiger partial charge is 0.497 e. The molecule has 0 saturated carbocycles. The van der Waals surface area contributed by atoms with Crippen LogP contribution in [0.5, 0.6) is 5.75 Å². The molecule has 1 heterocycles. The number of amides is 2. The van der Waals surface area contributed by atoms with Crippen molar-refractivity contribution >= 4 is 23.5 Å². The monoisotopic (exact) mass is 374 g/mol. The first-order chi connectivity index (χ1) is 12.7. The Hall–Kier alpha value is -2.21. The van der Waals surface area contributed by atoms with Gasteiger partial charge in [-0.25, -0.2) is 9.18 Å². The molecular weight excluding hydrogens is 351 g/mol. The summed E-state index contributed by atoms with van der Waals surface area (Å²) in [6.45, 7) is 1.41. The van der Waals surface area contributed by atoms with E-state index in [4.69, 9.17) is 4.74 Å². The van der Waals surface area contributed by atoms with Crippen LogP contribution in [0.15, 0.2) is 53.4 Å². The number of halogens is 1. The van der Waals surface area contributed by atoms with E-state index in [1.807, 2.05) is 23.9 Å². The maximum atomic E-state index is 13.6. The minimum absolute atomic E-state index is 0.226. The highest BCUT2D eigenvalue weighted by molar-refractivity contribution is 7.99. The van der Waals surface area contributed by atoms with Gasteiger partial charge < -0.3 is 15.0 Å². The molecule has 4 nitrogen and oxygen atoms in total. The SMILES string of the molecule is COc1ccc(SCC2CCN(C(=O)Nc3ccccc3F)CC2)cc1. The van der Waals surface area contributed by atoms with Crippen molar-refractivity contribution in [1.29, 1.82) is 0 Å². The standard InChI is InChI=1S/C20H23FN2O2S/c1-25-16-6-8-17(9-7-16)26-14-15-10-12-23(13-11-15)20(24)22-19-5-3-2-4-18(19)21/h2-9,15H,10-14H2,1H3,(H,22,24). The summed E-state index contributed by atoms with van der Waals surface area (Å²) >= 11 is 1.84. The van der Waals surface area contributed by atoms with E-state index in [1.54, 1.807) is 30.2 Å². The number of anilines is 1. The van der Waals surface area contributed by atoms with Crippen molar-refractivity contribution in [3.63, 3.8) is 0 Å². The summed E-state index contributed by atoms with van der Waals surface area (Å²) in [6.07, 6.45) is 1.93. The summed E-state index contributed by atoms with van der Waals surface area (Å²) in [4.78, 5) is 15.3. The van der Waals surface area contributed by atoms with Crippen LogP contribution in [-0.2, 0) is 0 Å². The molecule has 0 aromatic heterocycles. The number of carbonyl (C=O) groups excluding carboxylic acids is 1. The lowest BCUT2D eigenvalue weighted by Gasteiger charge is -2.32. The number of methoxy groups -OCH3 is 1. The number of ether oxygens (including phenoxy) is 1. The Morgan fingerprint density at radius 1 is 1.19 bits per heavy atom. The van der Waals surface area contributed by atoms with Crippen LogP contribution in [0.4, 0.5) is 14.9 Å². The minimum atomic E-state index is -0.411. The van der Waals surface area contributed by atoms with Gasteiger partial charge in [0, 0.05) is 23.7 Å². The summed E-state index contributed by atoms with van der Waals surface area (Å²) in [7, 11) is 1.66. The van der Waals surface area contributed by atoms with Gasteiger partial charge in [0.1, 0.15) is 11.6 Å². The van der Waals surface area contributed by atoms with Crippen LogP contribution < -0.4 is 10.1 Å². The molecule has 138 valence electrons. The zero-order chi connectivity index (χ0) is 18.4. The molecule has 26 heavy (non-hydrogen) atoms. The number of nitrogens with zero attached hydrogens (tertiary/aromatic N) is 1. The van der Waals surface area contributed by atoms with Crippen LogP contribution in [-0.4, -0.2) is 36.9 Å². The van der Waals surface area contributed by atoms with Gasteiger partial charge >= 0.3 is 6.03 Å². The number of hydrogen-bond donors (Lipinski definition) is 1. The molecule has 2 aromatic carbocycles. The third-order valence-corrected chi connectivity index (χ3v) is 5.81. The summed E-state index contributed by atoms with van der Waals surface area (Å²) in [5.41, 5.74) is 0.231. The summed E-state index contributed by atoms with van der Waals surface area (Å²) in [5.74, 6) is 2.07. The number of para-hydroxylation sites is 1. The van der Waals surface area contributed by atoms with Gasteiger partial charge in [-0.3, -0.25) is 0 Å². The Morgan fingerprint density at radius 2 is 1.88 bits per heavy atom. The van der Waals surface area contributed by atoms with Crippen LogP contribution in [0.25, 0.3) is 0 Å². The van der Waals surface area contributed by atoms with E-state index in [-0.39, 0.29) is 11.7 Å². The number of nitrogens with one attached hydrogen (secondary N) is 1. The molecule has 1 fully saturated rings. The first kappa shape index (κ1) is 18.6. The average Bonchev–Trinajstić information content (AvgIpc) is 2.69. The number of rotatable bonds is 5. The smallest absolute Gasteiger partial charge is 0.321 e. The molecule has 0 radical (unpaired) electrons. The van der Waals surface area contributed by atoms with Crippen molar-refractivity contribution in [3.8, 4) is 5.75 Å². The first-order valence-corrected chi connectivity index (χ1v) is 9.71. The van der Waals surface area contributed by atoms with Crippen LogP contribution in [0, 0.1) is 11.7 Å². The van der Waals surface area contributed by atoms with Gasteiger partial charge in [0.05, 0.1) is 12.8 Å². The Kier molecular flexibility index (Phi) is 6.39. The number of benzene rings is 2. The van der Waals surface area contributed by atoms with Crippen molar-refractivity contribution in [3.05, 3.63) is 54.3 Å². The number of thioether (sulfide) groups is 1. The highest BCUT2D eigenvalue weighted by atomic mass is 32.2. The maximum absolute atomic E-state index is 13.6. The van der Waals surface area contributed by atoms with Crippen molar-refractivity contribution in [2.45, 2.75) is 17.7 Å². The highest BCUT2D eigenvalue weighted by Crippen LogP contribution is 2.28.